The molecule has 100 valence electrons. The number of rotatable bonds is 3. The molecule has 0 aliphatic heterocycles. The van der Waals surface area contributed by atoms with Crippen LogP contribution in [0, 0.1) is 5.41 Å². The van der Waals surface area contributed by atoms with E-state index in [1.54, 1.807) is 6.33 Å². The van der Waals surface area contributed by atoms with Gasteiger partial charge in [-0.05, 0) is 17.3 Å². The summed E-state index contributed by atoms with van der Waals surface area (Å²) < 4.78 is 1.95. The normalized spacial score (nSPS) is 10.8. The number of nitrogens with zero attached hydrogens (tertiary/aromatic N) is 4. The van der Waals surface area contributed by atoms with Crippen molar-refractivity contribution >= 4 is 28.1 Å². The minimum Gasteiger partial charge on any atom is -0.378 e. The molecule has 0 saturated heterocycles. The molecule has 0 aliphatic carbocycles. The Morgan fingerprint density at radius 1 is 1.20 bits per heavy atom. The Morgan fingerprint density at radius 2 is 2.00 bits per heavy atom. The maximum absolute atomic E-state index is 7.34. The largest absolute Gasteiger partial charge is 0.378 e. The molecular formula is C13H12N6S. The first-order valence-electron chi connectivity index (χ1n) is 5.95. The van der Waals surface area contributed by atoms with Crippen LogP contribution in [0.25, 0.3) is 11.2 Å². The first-order chi connectivity index (χ1) is 9.74. The van der Waals surface area contributed by atoms with Crippen LogP contribution in [0.15, 0.2) is 48.0 Å². The smallest absolute Gasteiger partial charge is 0.164 e. The summed E-state index contributed by atoms with van der Waals surface area (Å²) >= 11 is 1.08. The predicted molar refractivity (Wildman–Crippen MR) is 78.6 cm³/mol. The molecule has 2 heterocycles. The summed E-state index contributed by atoms with van der Waals surface area (Å²) in [4.78, 5) is 12.7. The van der Waals surface area contributed by atoms with Gasteiger partial charge in [0.2, 0.25) is 0 Å². The van der Waals surface area contributed by atoms with Crippen molar-refractivity contribution in [1.82, 2.24) is 19.5 Å². The fourth-order valence-corrected chi connectivity index (χ4v) is 2.48. The predicted octanol–water partition coefficient (Wildman–Crippen LogP) is 1.86. The Balaban J connectivity index is 1.99. The van der Waals surface area contributed by atoms with E-state index in [-0.39, 0.29) is 5.17 Å². The number of hydrogen-bond donors (Lipinski definition) is 2. The molecule has 7 heteroatoms. The molecule has 0 aliphatic rings. The van der Waals surface area contributed by atoms with Crippen molar-refractivity contribution in [1.29, 1.82) is 5.41 Å². The van der Waals surface area contributed by atoms with Crippen LogP contribution < -0.4 is 5.73 Å². The molecule has 0 saturated carbocycles. The average molecular weight is 284 g/mol. The first-order valence-corrected chi connectivity index (χ1v) is 6.77. The quantitative estimate of drug-likeness (QED) is 0.331. The van der Waals surface area contributed by atoms with E-state index in [2.05, 4.69) is 27.1 Å². The van der Waals surface area contributed by atoms with Crippen molar-refractivity contribution in [2.75, 3.05) is 0 Å². The van der Waals surface area contributed by atoms with Crippen molar-refractivity contribution in [3.63, 3.8) is 0 Å². The van der Waals surface area contributed by atoms with Crippen LogP contribution in [0.3, 0.4) is 0 Å². The monoisotopic (exact) mass is 284 g/mol. The van der Waals surface area contributed by atoms with E-state index >= 15 is 0 Å². The third kappa shape index (κ3) is 2.48. The Labute approximate surface area is 119 Å². The average Bonchev–Trinajstić information content (AvgIpc) is 2.84. The molecule has 3 rings (SSSR count). The maximum Gasteiger partial charge on any atom is 0.164 e. The van der Waals surface area contributed by atoms with Gasteiger partial charge in [-0.1, -0.05) is 30.3 Å². The molecule has 0 unspecified atom stereocenters. The highest BCUT2D eigenvalue weighted by Crippen LogP contribution is 2.23. The van der Waals surface area contributed by atoms with Gasteiger partial charge in [0.15, 0.2) is 10.8 Å². The van der Waals surface area contributed by atoms with E-state index in [0.717, 1.165) is 17.4 Å². The van der Waals surface area contributed by atoms with Gasteiger partial charge in [0, 0.05) is 0 Å². The molecule has 0 radical (unpaired) electrons. The lowest BCUT2D eigenvalue weighted by atomic mass is 10.2. The molecule has 0 amide bonds. The highest BCUT2D eigenvalue weighted by atomic mass is 32.2. The number of amidine groups is 1. The molecular weight excluding hydrogens is 272 g/mol. The first kappa shape index (κ1) is 12.6. The van der Waals surface area contributed by atoms with Gasteiger partial charge in [0.05, 0.1) is 12.9 Å². The van der Waals surface area contributed by atoms with Gasteiger partial charge < -0.3 is 10.3 Å². The topological polar surface area (TPSA) is 93.5 Å². The van der Waals surface area contributed by atoms with E-state index in [9.17, 15) is 0 Å². The van der Waals surface area contributed by atoms with E-state index in [1.807, 2.05) is 22.8 Å². The minimum atomic E-state index is -0.0115. The molecule has 0 bridgehead atoms. The third-order valence-corrected chi connectivity index (χ3v) is 3.48. The van der Waals surface area contributed by atoms with Crippen molar-refractivity contribution in [3.05, 3.63) is 48.5 Å². The number of nitrogens with two attached hydrogens (primary N) is 1. The zero-order valence-electron chi connectivity index (χ0n) is 10.5. The van der Waals surface area contributed by atoms with Gasteiger partial charge in [-0.15, -0.1) is 0 Å². The van der Waals surface area contributed by atoms with Crippen LogP contribution in [0.5, 0.6) is 0 Å². The number of imidazole rings is 1. The summed E-state index contributed by atoms with van der Waals surface area (Å²) in [5.41, 5.74) is 7.98. The van der Waals surface area contributed by atoms with E-state index in [1.165, 1.54) is 11.9 Å². The van der Waals surface area contributed by atoms with E-state index in [0.29, 0.717) is 17.1 Å². The fraction of sp³-hybridized carbons (Fsp3) is 0.0769. The summed E-state index contributed by atoms with van der Waals surface area (Å²) in [5.74, 6) is 0. The lowest BCUT2D eigenvalue weighted by molar-refractivity contribution is 0.812. The van der Waals surface area contributed by atoms with Crippen LogP contribution in [-0.4, -0.2) is 24.7 Å². The molecule has 3 N–H and O–H groups in total. The molecule has 0 spiro atoms. The second kappa shape index (κ2) is 5.30. The van der Waals surface area contributed by atoms with Crippen LogP contribution in [0.1, 0.15) is 5.56 Å². The molecule has 20 heavy (non-hydrogen) atoms. The van der Waals surface area contributed by atoms with Gasteiger partial charge in [0.1, 0.15) is 16.9 Å². The number of benzene rings is 1. The Bertz CT molecular complexity index is 752. The number of thioether (sulfide) groups is 1. The number of nitrogens with one attached hydrogen (secondary N) is 1. The van der Waals surface area contributed by atoms with E-state index < -0.39 is 0 Å². The molecule has 2 aromatic heterocycles. The molecule has 3 aromatic rings. The van der Waals surface area contributed by atoms with Crippen LogP contribution >= 0.6 is 11.8 Å². The number of aromatic nitrogens is 4. The number of hydrogen-bond acceptors (Lipinski definition) is 5. The summed E-state index contributed by atoms with van der Waals surface area (Å²) in [6, 6.07) is 10.1. The lowest BCUT2D eigenvalue weighted by Gasteiger charge is -2.04. The van der Waals surface area contributed by atoms with Crippen LogP contribution in [0.4, 0.5) is 0 Å². The van der Waals surface area contributed by atoms with E-state index in [4.69, 9.17) is 11.1 Å². The van der Waals surface area contributed by atoms with Crippen molar-refractivity contribution in [3.8, 4) is 0 Å². The molecule has 0 fully saturated rings. The summed E-state index contributed by atoms with van der Waals surface area (Å²) in [5, 5.41) is 7.93. The van der Waals surface area contributed by atoms with Gasteiger partial charge in [-0.2, -0.15) is 0 Å². The summed E-state index contributed by atoms with van der Waals surface area (Å²) in [6.45, 7) is 0.693. The van der Waals surface area contributed by atoms with Gasteiger partial charge in [-0.25, -0.2) is 15.0 Å². The summed E-state index contributed by atoms with van der Waals surface area (Å²) in [6.07, 6.45) is 3.20. The maximum atomic E-state index is 7.34. The van der Waals surface area contributed by atoms with Gasteiger partial charge in [-0.3, -0.25) is 5.41 Å². The van der Waals surface area contributed by atoms with Gasteiger partial charge >= 0.3 is 0 Å². The minimum absolute atomic E-state index is 0.0115. The standard InChI is InChI=1S/C13H12N6S/c14-13(15)20-12-10-11(16-7-17-12)19(8-18-10)6-9-4-2-1-3-5-9/h1-5,7-8H,6H2,(H3,14,15). The molecule has 0 atom stereocenters. The Hall–Kier alpha value is -2.41. The Kier molecular flexibility index (Phi) is 3.34. The highest BCUT2D eigenvalue weighted by Gasteiger charge is 2.11. The second-order valence-electron chi connectivity index (χ2n) is 4.18. The second-order valence-corrected chi connectivity index (χ2v) is 5.21. The van der Waals surface area contributed by atoms with Crippen LogP contribution in [0.2, 0.25) is 0 Å². The third-order valence-electron chi connectivity index (χ3n) is 2.77. The number of fused-ring (bicyclic) bond motifs is 1. The Morgan fingerprint density at radius 3 is 2.75 bits per heavy atom. The zero-order valence-corrected chi connectivity index (χ0v) is 11.3. The van der Waals surface area contributed by atoms with Crippen molar-refractivity contribution in [2.24, 2.45) is 5.73 Å². The zero-order chi connectivity index (χ0) is 13.9. The van der Waals surface area contributed by atoms with Gasteiger partial charge in [0.25, 0.3) is 0 Å². The SMILES string of the molecule is N=C(N)Sc1ncnc2c1ncn2Cc1ccccc1. The highest BCUT2D eigenvalue weighted by molar-refractivity contribution is 8.13. The lowest BCUT2D eigenvalue weighted by Crippen LogP contribution is -2.04. The molecule has 6 nitrogen and oxygen atoms in total. The summed E-state index contributed by atoms with van der Waals surface area (Å²) in [7, 11) is 0. The van der Waals surface area contributed by atoms with Crippen molar-refractivity contribution < 1.29 is 0 Å². The fourth-order valence-electron chi connectivity index (χ4n) is 1.93. The van der Waals surface area contributed by atoms with Crippen molar-refractivity contribution in [2.45, 2.75) is 11.6 Å². The van der Waals surface area contributed by atoms with Crippen LogP contribution in [-0.2, 0) is 6.54 Å². The molecule has 1 aromatic carbocycles.